The van der Waals surface area contributed by atoms with Crippen molar-refractivity contribution < 1.29 is 14.5 Å². The molecule has 0 heterocycles. The number of amides is 1. The van der Waals surface area contributed by atoms with Crippen molar-refractivity contribution in [3.63, 3.8) is 0 Å². The summed E-state index contributed by atoms with van der Waals surface area (Å²) < 4.78 is 5.15. The van der Waals surface area contributed by atoms with Gasteiger partial charge in [-0.15, -0.1) is 0 Å². The van der Waals surface area contributed by atoms with E-state index in [9.17, 15) is 14.9 Å². The Morgan fingerprint density at radius 3 is 2.65 bits per heavy atom. The van der Waals surface area contributed by atoms with Crippen molar-refractivity contribution in [2.45, 2.75) is 6.54 Å². The van der Waals surface area contributed by atoms with Crippen LogP contribution < -0.4 is 4.74 Å². The predicted octanol–water partition coefficient (Wildman–Crippen LogP) is 3.53. The van der Waals surface area contributed by atoms with Crippen LogP contribution in [0.1, 0.15) is 15.9 Å². The molecule has 0 aromatic heterocycles. The number of rotatable bonds is 5. The number of ether oxygens (including phenoxy) is 1. The fraction of sp³-hybridized carbons (Fsp3) is 0.188. The van der Waals surface area contributed by atoms with Gasteiger partial charge >= 0.3 is 0 Å². The maximum atomic E-state index is 12.4. The fourth-order valence-electron chi connectivity index (χ4n) is 2.11. The molecule has 120 valence electrons. The summed E-state index contributed by atoms with van der Waals surface area (Å²) in [7, 11) is 3.21. The summed E-state index contributed by atoms with van der Waals surface area (Å²) in [6, 6.07) is 11.2. The van der Waals surface area contributed by atoms with E-state index in [-0.39, 0.29) is 22.2 Å². The Bertz CT molecular complexity index is 749. The quantitative estimate of drug-likeness (QED) is 0.619. The lowest BCUT2D eigenvalue weighted by Crippen LogP contribution is -2.26. The number of nitro groups is 1. The first-order valence-electron chi connectivity index (χ1n) is 6.74. The molecule has 0 bridgehead atoms. The number of nitro benzene ring substituents is 1. The Hall–Kier alpha value is -2.60. The van der Waals surface area contributed by atoms with Crippen LogP contribution in [0, 0.1) is 10.1 Å². The minimum absolute atomic E-state index is 0.0571. The Morgan fingerprint density at radius 1 is 1.30 bits per heavy atom. The second-order valence-corrected chi connectivity index (χ2v) is 5.34. The Balaban J connectivity index is 2.17. The van der Waals surface area contributed by atoms with E-state index in [0.29, 0.717) is 12.3 Å². The zero-order chi connectivity index (χ0) is 17.0. The number of methoxy groups -OCH3 is 1. The van der Waals surface area contributed by atoms with Gasteiger partial charge < -0.3 is 9.64 Å². The Morgan fingerprint density at radius 2 is 2.04 bits per heavy atom. The standard InChI is InChI=1S/C16H15ClN2O4/c1-18(10-11-4-3-5-13(8-11)23-2)16(20)14-7-6-12(19(21)22)9-15(14)17/h3-9H,10H2,1-2H3. The second kappa shape index (κ2) is 7.11. The molecular formula is C16H15ClN2O4. The average molecular weight is 335 g/mol. The van der Waals surface area contributed by atoms with E-state index in [2.05, 4.69) is 0 Å². The smallest absolute Gasteiger partial charge is 0.270 e. The topological polar surface area (TPSA) is 72.7 Å². The molecule has 0 saturated carbocycles. The van der Waals surface area contributed by atoms with E-state index in [0.717, 1.165) is 5.56 Å². The van der Waals surface area contributed by atoms with Crippen molar-refractivity contribution in [2.75, 3.05) is 14.2 Å². The van der Waals surface area contributed by atoms with E-state index in [1.807, 2.05) is 24.3 Å². The maximum Gasteiger partial charge on any atom is 0.270 e. The van der Waals surface area contributed by atoms with Gasteiger partial charge in [-0.05, 0) is 23.8 Å². The molecule has 0 radical (unpaired) electrons. The largest absolute Gasteiger partial charge is 0.497 e. The SMILES string of the molecule is COc1cccc(CN(C)C(=O)c2ccc([N+](=O)[O-])cc2Cl)c1. The van der Waals surface area contributed by atoms with E-state index in [1.54, 1.807) is 14.2 Å². The molecule has 2 aromatic carbocycles. The van der Waals surface area contributed by atoms with Gasteiger partial charge in [-0.2, -0.15) is 0 Å². The normalized spacial score (nSPS) is 10.2. The predicted molar refractivity (Wildman–Crippen MR) is 86.9 cm³/mol. The lowest BCUT2D eigenvalue weighted by Gasteiger charge is -2.18. The van der Waals surface area contributed by atoms with Gasteiger partial charge in [-0.1, -0.05) is 23.7 Å². The summed E-state index contributed by atoms with van der Waals surface area (Å²) in [4.78, 5) is 24.1. The van der Waals surface area contributed by atoms with Crippen LogP contribution in [0.25, 0.3) is 0 Å². The number of carbonyl (C=O) groups is 1. The Kier molecular flexibility index (Phi) is 5.18. The first-order valence-corrected chi connectivity index (χ1v) is 7.12. The third-order valence-corrected chi connectivity index (χ3v) is 3.61. The third kappa shape index (κ3) is 3.98. The molecule has 0 saturated heterocycles. The highest BCUT2D eigenvalue weighted by atomic mass is 35.5. The average Bonchev–Trinajstić information content (AvgIpc) is 2.54. The zero-order valence-corrected chi connectivity index (χ0v) is 13.4. The Labute approximate surface area is 138 Å². The number of halogens is 1. The van der Waals surface area contributed by atoms with Crippen LogP contribution in [-0.4, -0.2) is 29.9 Å². The lowest BCUT2D eigenvalue weighted by molar-refractivity contribution is -0.384. The van der Waals surface area contributed by atoms with Crippen LogP contribution in [0.3, 0.4) is 0 Å². The van der Waals surface area contributed by atoms with Crippen molar-refractivity contribution in [2.24, 2.45) is 0 Å². The molecule has 2 rings (SSSR count). The summed E-state index contributed by atoms with van der Waals surface area (Å²) in [5, 5.41) is 10.8. The molecule has 0 fully saturated rings. The van der Waals surface area contributed by atoms with Crippen LogP contribution in [-0.2, 0) is 6.54 Å². The van der Waals surface area contributed by atoms with Crippen molar-refractivity contribution in [3.8, 4) is 5.75 Å². The fourth-order valence-corrected chi connectivity index (χ4v) is 2.37. The molecule has 2 aromatic rings. The van der Waals surface area contributed by atoms with Gasteiger partial charge in [0.25, 0.3) is 11.6 Å². The first kappa shape index (κ1) is 16.8. The summed E-state index contributed by atoms with van der Waals surface area (Å²) in [6.07, 6.45) is 0. The number of benzene rings is 2. The molecule has 0 aliphatic heterocycles. The van der Waals surface area contributed by atoms with Gasteiger partial charge in [0.05, 0.1) is 22.6 Å². The number of hydrogen-bond acceptors (Lipinski definition) is 4. The highest BCUT2D eigenvalue weighted by Gasteiger charge is 2.18. The van der Waals surface area contributed by atoms with Crippen LogP contribution in [0.2, 0.25) is 5.02 Å². The molecule has 0 atom stereocenters. The summed E-state index contributed by atoms with van der Waals surface area (Å²) in [6.45, 7) is 0.364. The number of carbonyl (C=O) groups excluding carboxylic acids is 1. The van der Waals surface area contributed by atoms with Gasteiger partial charge in [-0.3, -0.25) is 14.9 Å². The molecule has 23 heavy (non-hydrogen) atoms. The number of nitrogens with zero attached hydrogens (tertiary/aromatic N) is 2. The maximum absolute atomic E-state index is 12.4. The molecule has 0 spiro atoms. The first-order chi connectivity index (χ1) is 10.9. The van der Waals surface area contributed by atoms with E-state index < -0.39 is 4.92 Å². The molecule has 0 aliphatic rings. The van der Waals surface area contributed by atoms with E-state index in [1.165, 1.54) is 23.1 Å². The molecular weight excluding hydrogens is 320 g/mol. The van der Waals surface area contributed by atoms with Crippen molar-refractivity contribution in [1.29, 1.82) is 0 Å². The van der Waals surface area contributed by atoms with Gasteiger partial charge in [0.15, 0.2) is 0 Å². The number of hydrogen-bond donors (Lipinski definition) is 0. The van der Waals surface area contributed by atoms with Gasteiger partial charge in [0.1, 0.15) is 5.75 Å². The monoisotopic (exact) mass is 334 g/mol. The van der Waals surface area contributed by atoms with Crippen LogP contribution in [0.15, 0.2) is 42.5 Å². The highest BCUT2D eigenvalue weighted by molar-refractivity contribution is 6.34. The number of non-ortho nitro benzene ring substituents is 1. The highest BCUT2D eigenvalue weighted by Crippen LogP contribution is 2.24. The van der Waals surface area contributed by atoms with Crippen molar-refractivity contribution in [3.05, 3.63) is 68.7 Å². The lowest BCUT2D eigenvalue weighted by atomic mass is 10.1. The van der Waals surface area contributed by atoms with Gasteiger partial charge in [0.2, 0.25) is 0 Å². The van der Waals surface area contributed by atoms with E-state index in [4.69, 9.17) is 16.3 Å². The van der Waals surface area contributed by atoms with Gasteiger partial charge in [0, 0.05) is 25.7 Å². The summed E-state index contributed by atoms with van der Waals surface area (Å²) in [5.41, 5.74) is 0.975. The van der Waals surface area contributed by atoms with Crippen molar-refractivity contribution >= 4 is 23.2 Å². The van der Waals surface area contributed by atoms with Gasteiger partial charge in [-0.25, -0.2) is 0 Å². The minimum atomic E-state index is -0.555. The molecule has 6 nitrogen and oxygen atoms in total. The summed E-state index contributed by atoms with van der Waals surface area (Å²) >= 11 is 5.99. The molecule has 0 unspecified atom stereocenters. The van der Waals surface area contributed by atoms with Crippen molar-refractivity contribution in [1.82, 2.24) is 4.90 Å². The molecule has 0 N–H and O–H groups in total. The summed E-state index contributed by atoms with van der Waals surface area (Å²) in [5.74, 6) is 0.393. The van der Waals surface area contributed by atoms with E-state index >= 15 is 0 Å². The van der Waals surface area contributed by atoms with Crippen LogP contribution in [0.5, 0.6) is 5.75 Å². The van der Waals surface area contributed by atoms with Crippen LogP contribution >= 0.6 is 11.6 Å². The molecule has 0 aliphatic carbocycles. The zero-order valence-electron chi connectivity index (χ0n) is 12.7. The minimum Gasteiger partial charge on any atom is -0.497 e. The molecule has 1 amide bonds. The third-order valence-electron chi connectivity index (χ3n) is 3.29. The van der Waals surface area contributed by atoms with Crippen LogP contribution in [0.4, 0.5) is 5.69 Å². The molecule has 7 heteroatoms. The second-order valence-electron chi connectivity index (χ2n) is 4.93.